The van der Waals surface area contributed by atoms with Crippen LogP contribution >= 0.6 is 11.6 Å². The van der Waals surface area contributed by atoms with Gasteiger partial charge in [-0.3, -0.25) is 0 Å². The SMILES string of the molecule is CC1(C)CCC=C1C1(F)CC(CCl)=C(C(F)(F)F)C=C1c1ccccc1. The first-order valence-corrected chi connectivity index (χ1v) is 9.16. The van der Waals surface area contributed by atoms with Crippen LogP contribution in [0.2, 0.25) is 0 Å². The third-order valence-electron chi connectivity index (χ3n) is 5.38. The van der Waals surface area contributed by atoms with E-state index in [0.29, 0.717) is 11.1 Å². The van der Waals surface area contributed by atoms with Gasteiger partial charge in [-0.1, -0.05) is 50.3 Å². The van der Waals surface area contributed by atoms with Gasteiger partial charge in [0, 0.05) is 17.9 Å². The van der Waals surface area contributed by atoms with Crippen molar-refractivity contribution in [3.05, 3.63) is 64.8 Å². The fraction of sp³-hybridized carbons (Fsp3) is 0.429. The van der Waals surface area contributed by atoms with Crippen molar-refractivity contribution in [1.29, 1.82) is 0 Å². The van der Waals surface area contributed by atoms with Crippen LogP contribution in [-0.4, -0.2) is 17.7 Å². The van der Waals surface area contributed by atoms with Gasteiger partial charge in [-0.05, 0) is 41.0 Å². The van der Waals surface area contributed by atoms with Gasteiger partial charge in [-0.2, -0.15) is 13.2 Å². The lowest BCUT2D eigenvalue weighted by Crippen LogP contribution is -2.37. The fourth-order valence-corrected chi connectivity index (χ4v) is 4.34. The number of hydrogen-bond donors (Lipinski definition) is 0. The van der Waals surface area contributed by atoms with Crippen molar-refractivity contribution in [3.8, 4) is 0 Å². The van der Waals surface area contributed by atoms with Crippen LogP contribution in [0, 0.1) is 5.41 Å². The maximum atomic E-state index is 16.5. The summed E-state index contributed by atoms with van der Waals surface area (Å²) < 4.78 is 57.2. The summed E-state index contributed by atoms with van der Waals surface area (Å²) in [6.07, 6.45) is -0.607. The van der Waals surface area contributed by atoms with E-state index in [-0.39, 0.29) is 23.4 Å². The molecule has 0 fully saturated rings. The van der Waals surface area contributed by atoms with Crippen LogP contribution in [0.15, 0.2) is 59.2 Å². The average Bonchev–Trinajstić information content (AvgIpc) is 2.94. The Kier molecular flexibility index (Phi) is 4.85. The zero-order chi connectivity index (χ0) is 19.2. The Labute approximate surface area is 156 Å². The van der Waals surface area contributed by atoms with Crippen LogP contribution in [0.3, 0.4) is 0 Å². The number of halogens is 5. The van der Waals surface area contributed by atoms with Crippen LogP contribution in [0.5, 0.6) is 0 Å². The molecular formula is C21H21ClF4. The molecule has 1 atom stereocenters. The molecule has 0 radical (unpaired) electrons. The fourth-order valence-electron chi connectivity index (χ4n) is 4.10. The zero-order valence-corrected chi connectivity index (χ0v) is 15.5. The Balaban J connectivity index is 2.23. The standard InChI is InChI=1S/C21H21ClF4/c1-19(2)10-6-9-18(19)20(23)12-15(13-22)17(21(24,25)26)11-16(20)14-7-4-3-5-8-14/h3-5,7-9,11H,6,10,12-13H2,1-2H3. The molecule has 0 N–H and O–H groups in total. The van der Waals surface area contributed by atoms with Crippen molar-refractivity contribution in [2.45, 2.75) is 45.0 Å². The first-order chi connectivity index (χ1) is 12.1. The van der Waals surface area contributed by atoms with E-state index in [1.807, 2.05) is 19.9 Å². The van der Waals surface area contributed by atoms with Gasteiger partial charge >= 0.3 is 6.18 Å². The minimum absolute atomic E-state index is 0.0699. The summed E-state index contributed by atoms with van der Waals surface area (Å²) in [6.45, 7) is 3.89. The molecule has 140 valence electrons. The van der Waals surface area contributed by atoms with Crippen molar-refractivity contribution in [2.75, 3.05) is 5.88 Å². The second-order valence-corrected chi connectivity index (χ2v) is 7.86. The highest BCUT2D eigenvalue weighted by atomic mass is 35.5. The number of rotatable bonds is 3. The maximum absolute atomic E-state index is 16.5. The van der Waals surface area contributed by atoms with E-state index in [9.17, 15) is 13.2 Å². The minimum atomic E-state index is -4.56. The Morgan fingerprint density at radius 2 is 1.77 bits per heavy atom. The normalized spacial score (nSPS) is 26.0. The topological polar surface area (TPSA) is 0 Å². The first-order valence-electron chi connectivity index (χ1n) is 8.62. The molecule has 0 heterocycles. The Bertz CT molecular complexity index is 784. The summed E-state index contributed by atoms with van der Waals surface area (Å²) in [6, 6.07) is 8.48. The van der Waals surface area contributed by atoms with Gasteiger partial charge in [0.15, 0.2) is 5.67 Å². The summed E-state index contributed by atoms with van der Waals surface area (Å²) in [5.74, 6) is -0.340. The quantitative estimate of drug-likeness (QED) is 0.298. The van der Waals surface area contributed by atoms with Gasteiger partial charge in [-0.15, -0.1) is 11.6 Å². The molecule has 0 bridgehead atoms. The van der Waals surface area contributed by atoms with Gasteiger partial charge < -0.3 is 0 Å². The van der Waals surface area contributed by atoms with Crippen molar-refractivity contribution in [1.82, 2.24) is 0 Å². The molecule has 0 spiro atoms. The van der Waals surface area contributed by atoms with Crippen LogP contribution in [0.25, 0.3) is 5.57 Å². The maximum Gasteiger partial charge on any atom is 0.416 e. The van der Waals surface area contributed by atoms with Crippen LogP contribution in [-0.2, 0) is 0 Å². The number of benzene rings is 1. The van der Waals surface area contributed by atoms with Crippen LogP contribution < -0.4 is 0 Å². The van der Waals surface area contributed by atoms with Crippen LogP contribution in [0.4, 0.5) is 17.6 Å². The highest BCUT2D eigenvalue weighted by molar-refractivity contribution is 6.19. The lowest BCUT2D eigenvalue weighted by molar-refractivity contribution is -0.0895. The Morgan fingerprint density at radius 1 is 1.12 bits per heavy atom. The predicted octanol–water partition coefficient (Wildman–Crippen LogP) is 7.03. The van der Waals surface area contributed by atoms with Crippen molar-refractivity contribution >= 4 is 17.2 Å². The number of allylic oxidation sites excluding steroid dienone is 6. The molecule has 1 aromatic carbocycles. The van der Waals surface area contributed by atoms with Gasteiger partial charge in [0.2, 0.25) is 0 Å². The highest BCUT2D eigenvalue weighted by Crippen LogP contribution is 2.56. The van der Waals surface area contributed by atoms with Gasteiger partial charge in [-0.25, -0.2) is 4.39 Å². The molecule has 1 unspecified atom stereocenters. The van der Waals surface area contributed by atoms with Crippen molar-refractivity contribution in [2.24, 2.45) is 5.41 Å². The van der Waals surface area contributed by atoms with E-state index in [0.717, 1.165) is 18.9 Å². The highest BCUT2D eigenvalue weighted by Gasteiger charge is 2.51. The molecule has 5 heteroatoms. The van der Waals surface area contributed by atoms with E-state index in [1.165, 1.54) is 0 Å². The predicted molar refractivity (Wildman–Crippen MR) is 97.8 cm³/mol. The summed E-state index contributed by atoms with van der Waals surface area (Å²) in [4.78, 5) is 0. The van der Waals surface area contributed by atoms with Gasteiger partial charge in [0.25, 0.3) is 0 Å². The molecule has 0 amide bonds. The third kappa shape index (κ3) is 3.24. The molecule has 0 aliphatic heterocycles. The largest absolute Gasteiger partial charge is 0.416 e. The van der Waals surface area contributed by atoms with Crippen LogP contribution in [0.1, 0.15) is 38.7 Å². The monoisotopic (exact) mass is 384 g/mol. The number of hydrogen-bond acceptors (Lipinski definition) is 0. The Hall–Kier alpha value is -1.55. The summed E-state index contributed by atoms with van der Waals surface area (Å²) in [5, 5.41) is 0. The van der Waals surface area contributed by atoms with Gasteiger partial charge in [0.1, 0.15) is 0 Å². The smallest absolute Gasteiger partial charge is 0.233 e. The molecular weight excluding hydrogens is 364 g/mol. The average molecular weight is 385 g/mol. The number of alkyl halides is 5. The lowest BCUT2D eigenvalue weighted by atomic mass is 9.68. The van der Waals surface area contributed by atoms with E-state index in [1.54, 1.807) is 30.3 Å². The van der Waals surface area contributed by atoms with E-state index in [4.69, 9.17) is 11.6 Å². The molecule has 0 saturated carbocycles. The second kappa shape index (κ2) is 6.56. The summed E-state index contributed by atoms with van der Waals surface area (Å²) >= 11 is 5.81. The van der Waals surface area contributed by atoms with Crippen molar-refractivity contribution in [3.63, 3.8) is 0 Å². The molecule has 26 heavy (non-hydrogen) atoms. The molecule has 0 saturated heterocycles. The van der Waals surface area contributed by atoms with Gasteiger partial charge in [0.05, 0.1) is 5.57 Å². The summed E-state index contributed by atoms with van der Waals surface area (Å²) in [7, 11) is 0. The van der Waals surface area contributed by atoms with E-state index in [2.05, 4.69) is 0 Å². The lowest BCUT2D eigenvalue weighted by Gasteiger charge is -2.40. The Morgan fingerprint density at radius 3 is 2.27 bits per heavy atom. The van der Waals surface area contributed by atoms with E-state index < -0.39 is 22.8 Å². The van der Waals surface area contributed by atoms with Crippen molar-refractivity contribution < 1.29 is 17.6 Å². The first kappa shape index (κ1) is 19.2. The molecule has 2 aliphatic carbocycles. The molecule has 0 aromatic heterocycles. The molecule has 1 aromatic rings. The molecule has 0 nitrogen and oxygen atoms in total. The molecule has 2 aliphatic rings. The molecule has 3 rings (SSSR count). The van der Waals surface area contributed by atoms with E-state index >= 15 is 4.39 Å². The second-order valence-electron chi connectivity index (χ2n) is 7.59. The third-order valence-corrected chi connectivity index (χ3v) is 5.70. The minimum Gasteiger partial charge on any atom is -0.233 e. The summed E-state index contributed by atoms with van der Waals surface area (Å²) in [5.41, 5.74) is -2.21. The zero-order valence-electron chi connectivity index (χ0n) is 14.8.